The maximum Gasteiger partial charge on any atom is 0.411 e. The first-order valence-electron chi connectivity index (χ1n) is 5.75. The van der Waals surface area contributed by atoms with Crippen molar-refractivity contribution < 1.29 is 14.3 Å². The average molecular weight is 236 g/mol. The van der Waals surface area contributed by atoms with Crippen molar-refractivity contribution in [3.05, 3.63) is 18.3 Å². The van der Waals surface area contributed by atoms with Crippen molar-refractivity contribution in [1.29, 1.82) is 0 Å². The van der Waals surface area contributed by atoms with E-state index in [9.17, 15) is 4.79 Å². The highest BCUT2D eigenvalue weighted by atomic mass is 16.6. The minimum atomic E-state index is -0.413. The number of carbonyl (C=O) groups is 1. The number of amides is 1. The summed E-state index contributed by atoms with van der Waals surface area (Å²) in [6.45, 7) is 0. The molecule has 1 aromatic heterocycles. The summed E-state index contributed by atoms with van der Waals surface area (Å²) >= 11 is 0. The van der Waals surface area contributed by atoms with E-state index in [0.29, 0.717) is 11.6 Å². The maximum absolute atomic E-state index is 11.5. The van der Waals surface area contributed by atoms with Gasteiger partial charge in [-0.3, -0.25) is 5.32 Å². The summed E-state index contributed by atoms with van der Waals surface area (Å²) in [5.74, 6) is 0.514. The molecule has 0 aliphatic heterocycles. The zero-order valence-electron chi connectivity index (χ0n) is 9.81. The molecule has 17 heavy (non-hydrogen) atoms. The second-order valence-corrected chi connectivity index (χ2v) is 4.03. The van der Waals surface area contributed by atoms with Gasteiger partial charge in [0.05, 0.1) is 19.0 Å². The summed E-state index contributed by atoms with van der Waals surface area (Å²) in [5, 5.41) is 2.64. The van der Waals surface area contributed by atoms with Crippen molar-refractivity contribution in [2.75, 3.05) is 12.4 Å². The number of aromatic nitrogens is 1. The topological polar surface area (TPSA) is 60.5 Å². The van der Waals surface area contributed by atoms with Gasteiger partial charge in [-0.05, 0) is 31.7 Å². The largest absolute Gasteiger partial charge is 0.481 e. The van der Waals surface area contributed by atoms with E-state index in [0.717, 1.165) is 25.7 Å². The summed E-state index contributed by atoms with van der Waals surface area (Å²) in [7, 11) is 1.55. The molecule has 2 rings (SSSR count). The Morgan fingerprint density at radius 1 is 1.41 bits per heavy atom. The molecule has 0 aromatic carbocycles. The van der Waals surface area contributed by atoms with E-state index in [4.69, 9.17) is 9.47 Å². The lowest BCUT2D eigenvalue weighted by atomic mass is 10.3. The molecule has 1 N–H and O–H groups in total. The van der Waals surface area contributed by atoms with Crippen LogP contribution in [-0.4, -0.2) is 24.3 Å². The van der Waals surface area contributed by atoms with E-state index in [1.165, 1.54) is 6.20 Å². The third kappa shape index (κ3) is 3.34. The predicted octanol–water partition coefficient (Wildman–Crippen LogP) is 2.58. The van der Waals surface area contributed by atoms with Gasteiger partial charge in [-0.1, -0.05) is 0 Å². The van der Waals surface area contributed by atoms with Gasteiger partial charge in [0.1, 0.15) is 6.10 Å². The normalized spacial score (nSPS) is 15.6. The number of pyridine rings is 1. The summed E-state index contributed by atoms with van der Waals surface area (Å²) in [5.41, 5.74) is 0.605. The standard InChI is InChI=1S/C12H16N2O3/c1-16-11-7-6-9(8-13-11)14-12(15)17-10-4-2-3-5-10/h6-8,10H,2-5H2,1H3,(H,14,15). The van der Waals surface area contributed by atoms with E-state index >= 15 is 0 Å². The second kappa shape index (κ2) is 5.52. The molecule has 0 unspecified atom stereocenters. The highest BCUT2D eigenvalue weighted by molar-refractivity contribution is 5.84. The number of hydrogen-bond acceptors (Lipinski definition) is 4. The van der Waals surface area contributed by atoms with Crippen molar-refractivity contribution in [1.82, 2.24) is 4.98 Å². The first-order chi connectivity index (χ1) is 8.28. The quantitative estimate of drug-likeness (QED) is 0.876. The van der Waals surface area contributed by atoms with E-state index in [1.807, 2.05) is 0 Å². The lowest BCUT2D eigenvalue weighted by molar-refractivity contribution is 0.114. The monoisotopic (exact) mass is 236 g/mol. The molecule has 0 bridgehead atoms. The Morgan fingerprint density at radius 3 is 2.76 bits per heavy atom. The van der Waals surface area contributed by atoms with Crippen LogP contribution in [0.5, 0.6) is 5.88 Å². The molecule has 1 saturated carbocycles. The lowest BCUT2D eigenvalue weighted by Crippen LogP contribution is -2.20. The summed E-state index contributed by atoms with van der Waals surface area (Å²) < 4.78 is 10.2. The van der Waals surface area contributed by atoms with E-state index in [1.54, 1.807) is 19.2 Å². The molecule has 1 aliphatic rings. The minimum Gasteiger partial charge on any atom is -0.481 e. The van der Waals surface area contributed by atoms with E-state index in [-0.39, 0.29) is 6.10 Å². The molecule has 0 spiro atoms. The predicted molar refractivity (Wildman–Crippen MR) is 63.1 cm³/mol. The van der Waals surface area contributed by atoms with Crippen LogP contribution in [0, 0.1) is 0 Å². The third-order valence-electron chi connectivity index (χ3n) is 2.77. The van der Waals surface area contributed by atoms with Crippen LogP contribution in [0.2, 0.25) is 0 Å². The van der Waals surface area contributed by atoms with Crippen LogP contribution in [0.4, 0.5) is 10.5 Å². The molecular weight excluding hydrogens is 220 g/mol. The van der Waals surface area contributed by atoms with Crippen molar-refractivity contribution in [3.63, 3.8) is 0 Å². The number of nitrogens with one attached hydrogen (secondary N) is 1. The van der Waals surface area contributed by atoms with Crippen LogP contribution >= 0.6 is 0 Å². The number of nitrogens with zero attached hydrogens (tertiary/aromatic N) is 1. The molecule has 0 radical (unpaired) electrons. The van der Waals surface area contributed by atoms with Crippen molar-refractivity contribution in [2.24, 2.45) is 0 Å². The minimum absolute atomic E-state index is 0.0706. The molecule has 5 nitrogen and oxygen atoms in total. The van der Waals surface area contributed by atoms with Crippen LogP contribution in [0.3, 0.4) is 0 Å². The maximum atomic E-state index is 11.5. The van der Waals surface area contributed by atoms with Gasteiger partial charge in [0.2, 0.25) is 5.88 Å². The molecular formula is C12H16N2O3. The highest BCUT2D eigenvalue weighted by Gasteiger charge is 2.19. The van der Waals surface area contributed by atoms with Crippen LogP contribution in [0.1, 0.15) is 25.7 Å². The Balaban J connectivity index is 1.84. The number of hydrogen-bond donors (Lipinski definition) is 1. The molecule has 1 aliphatic carbocycles. The fourth-order valence-electron chi connectivity index (χ4n) is 1.88. The van der Waals surface area contributed by atoms with Gasteiger partial charge in [0.15, 0.2) is 0 Å². The number of rotatable bonds is 3. The lowest BCUT2D eigenvalue weighted by Gasteiger charge is -2.12. The van der Waals surface area contributed by atoms with Gasteiger partial charge in [-0.2, -0.15) is 0 Å². The van der Waals surface area contributed by atoms with Crippen LogP contribution < -0.4 is 10.1 Å². The van der Waals surface area contributed by atoms with Gasteiger partial charge < -0.3 is 9.47 Å². The Bertz CT molecular complexity index is 372. The van der Waals surface area contributed by atoms with Crippen LogP contribution in [0.15, 0.2) is 18.3 Å². The number of carbonyl (C=O) groups excluding carboxylic acids is 1. The first kappa shape index (κ1) is 11.7. The van der Waals surface area contributed by atoms with E-state index in [2.05, 4.69) is 10.3 Å². The van der Waals surface area contributed by atoms with Gasteiger partial charge in [-0.25, -0.2) is 9.78 Å². The van der Waals surface area contributed by atoms with Crippen molar-refractivity contribution in [3.8, 4) is 5.88 Å². The number of ether oxygens (including phenoxy) is 2. The number of anilines is 1. The van der Waals surface area contributed by atoms with Gasteiger partial charge in [0, 0.05) is 6.07 Å². The summed E-state index contributed by atoms with van der Waals surface area (Å²) in [6.07, 6.45) is 5.41. The fourth-order valence-corrected chi connectivity index (χ4v) is 1.88. The van der Waals surface area contributed by atoms with E-state index < -0.39 is 6.09 Å². The molecule has 0 atom stereocenters. The SMILES string of the molecule is COc1ccc(NC(=O)OC2CCCC2)cn1. The fraction of sp³-hybridized carbons (Fsp3) is 0.500. The zero-order chi connectivity index (χ0) is 12.1. The van der Waals surface area contributed by atoms with Crippen molar-refractivity contribution >= 4 is 11.8 Å². The Morgan fingerprint density at radius 2 is 2.18 bits per heavy atom. The molecule has 1 fully saturated rings. The van der Waals surface area contributed by atoms with Gasteiger partial charge in [0.25, 0.3) is 0 Å². The molecule has 1 aromatic rings. The second-order valence-electron chi connectivity index (χ2n) is 4.03. The molecule has 1 amide bonds. The Hall–Kier alpha value is -1.78. The molecule has 1 heterocycles. The summed E-state index contributed by atoms with van der Waals surface area (Å²) in [6, 6.07) is 3.41. The smallest absolute Gasteiger partial charge is 0.411 e. The zero-order valence-corrected chi connectivity index (χ0v) is 9.81. The van der Waals surface area contributed by atoms with Gasteiger partial charge >= 0.3 is 6.09 Å². The van der Waals surface area contributed by atoms with Crippen LogP contribution in [0.25, 0.3) is 0 Å². The Kier molecular flexibility index (Phi) is 3.80. The van der Waals surface area contributed by atoms with Crippen molar-refractivity contribution in [2.45, 2.75) is 31.8 Å². The Labute approximate surface area is 100 Å². The first-order valence-corrected chi connectivity index (χ1v) is 5.75. The summed E-state index contributed by atoms with van der Waals surface area (Å²) in [4.78, 5) is 15.5. The molecule has 5 heteroatoms. The average Bonchev–Trinajstić information content (AvgIpc) is 2.82. The third-order valence-corrected chi connectivity index (χ3v) is 2.77. The van der Waals surface area contributed by atoms with Gasteiger partial charge in [-0.15, -0.1) is 0 Å². The van der Waals surface area contributed by atoms with Crippen LogP contribution in [-0.2, 0) is 4.74 Å². The highest BCUT2D eigenvalue weighted by Crippen LogP contribution is 2.21. The molecule has 92 valence electrons. The molecule has 0 saturated heterocycles. The number of methoxy groups -OCH3 is 1.